The SMILES string of the molecule is NCc1csc(NCCC2=CCCCC2)n1. The summed E-state index contributed by atoms with van der Waals surface area (Å²) in [5.74, 6) is 0. The molecule has 0 radical (unpaired) electrons. The highest BCUT2D eigenvalue weighted by atomic mass is 32.1. The molecule has 0 saturated heterocycles. The summed E-state index contributed by atoms with van der Waals surface area (Å²) >= 11 is 1.64. The maximum absolute atomic E-state index is 5.52. The van der Waals surface area contributed by atoms with E-state index in [2.05, 4.69) is 16.4 Å². The van der Waals surface area contributed by atoms with Crippen LogP contribution in [0.15, 0.2) is 17.0 Å². The van der Waals surface area contributed by atoms with Crippen molar-refractivity contribution in [2.24, 2.45) is 5.73 Å². The fraction of sp³-hybridized carbons (Fsp3) is 0.583. The zero-order valence-corrected chi connectivity index (χ0v) is 10.4. The fourth-order valence-corrected chi connectivity index (χ4v) is 2.70. The van der Waals surface area contributed by atoms with Crippen LogP contribution >= 0.6 is 11.3 Å². The van der Waals surface area contributed by atoms with E-state index < -0.39 is 0 Å². The van der Waals surface area contributed by atoms with E-state index in [1.54, 1.807) is 16.9 Å². The quantitative estimate of drug-likeness (QED) is 0.774. The first kappa shape index (κ1) is 11.6. The van der Waals surface area contributed by atoms with Gasteiger partial charge in [-0.25, -0.2) is 4.98 Å². The first-order chi connectivity index (χ1) is 7.88. The third-order valence-electron chi connectivity index (χ3n) is 2.87. The zero-order chi connectivity index (χ0) is 11.2. The number of nitrogens with two attached hydrogens (primary N) is 1. The zero-order valence-electron chi connectivity index (χ0n) is 9.54. The van der Waals surface area contributed by atoms with E-state index in [9.17, 15) is 0 Å². The molecule has 2 rings (SSSR count). The lowest BCUT2D eigenvalue weighted by Gasteiger charge is -2.12. The van der Waals surface area contributed by atoms with Gasteiger partial charge in [0.05, 0.1) is 5.69 Å². The minimum absolute atomic E-state index is 0.531. The van der Waals surface area contributed by atoms with Gasteiger partial charge in [0.15, 0.2) is 5.13 Å². The first-order valence-corrected chi connectivity index (χ1v) is 6.82. The van der Waals surface area contributed by atoms with Crippen molar-refractivity contribution in [2.45, 2.75) is 38.6 Å². The van der Waals surface area contributed by atoms with Gasteiger partial charge in [0.1, 0.15) is 0 Å². The summed E-state index contributed by atoms with van der Waals surface area (Å²) < 4.78 is 0. The topological polar surface area (TPSA) is 50.9 Å². The van der Waals surface area contributed by atoms with Crippen molar-refractivity contribution in [3.05, 3.63) is 22.7 Å². The number of nitrogens with zero attached hydrogens (tertiary/aromatic N) is 1. The molecule has 16 heavy (non-hydrogen) atoms. The van der Waals surface area contributed by atoms with Crippen LogP contribution in [0.2, 0.25) is 0 Å². The molecule has 0 unspecified atom stereocenters. The van der Waals surface area contributed by atoms with Gasteiger partial charge in [-0.1, -0.05) is 11.6 Å². The van der Waals surface area contributed by atoms with Gasteiger partial charge < -0.3 is 11.1 Å². The summed E-state index contributed by atoms with van der Waals surface area (Å²) in [4.78, 5) is 4.37. The van der Waals surface area contributed by atoms with Gasteiger partial charge in [-0.05, 0) is 32.1 Å². The highest BCUT2D eigenvalue weighted by molar-refractivity contribution is 7.13. The number of nitrogens with one attached hydrogen (secondary N) is 1. The predicted octanol–water partition coefficient (Wildman–Crippen LogP) is 2.90. The monoisotopic (exact) mass is 237 g/mol. The van der Waals surface area contributed by atoms with Crippen LogP contribution in [0.1, 0.15) is 37.8 Å². The van der Waals surface area contributed by atoms with Crippen molar-refractivity contribution >= 4 is 16.5 Å². The van der Waals surface area contributed by atoms with Crippen molar-refractivity contribution < 1.29 is 0 Å². The minimum Gasteiger partial charge on any atom is -0.361 e. The average molecular weight is 237 g/mol. The molecule has 0 amide bonds. The molecule has 88 valence electrons. The predicted molar refractivity (Wildman–Crippen MR) is 69.7 cm³/mol. The van der Waals surface area contributed by atoms with Gasteiger partial charge in [-0.3, -0.25) is 0 Å². The molecule has 1 aliphatic rings. The summed E-state index contributed by atoms with van der Waals surface area (Å²) in [5.41, 5.74) is 8.10. The Hall–Kier alpha value is -0.870. The van der Waals surface area contributed by atoms with Crippen LogP contribution in [0, 0.1) is 0 Å². The van der Waals surface area contributed by atoms with Crippen molar-refractivity contribution in [2.75, 3.05) is 11.9 Å². The molecule has 0 aromatic carbocycles. The number of thiazole rings is 1. The van der Waals surface area contributed by atoms with E-state index in [0.717, 1.165) is 23.8 Å². The van der Waals surface area contributed by atoms with Gasteiger partial charge in [-0.2, -0.15) is 0 Å². The Morgan fingerprint density at radius 1 is 1.44 bits per heavy atom. The van der Waals surface area contributed by atoms with E-state index in [-0.39, 0.29) is 0 Å². The maximum atomic E-state index is 5.52. The Morgan fingerprint density at radius 3 is 3.06 bits per heavy atom. The Kier molecular flexibility index (Phi) is 4.36. The minimum atomic E-state index is 0.531. The molecule has 4 heteroatoms. The second-order valence-corrected chi connectivity index (χ2v) is 4.99. The van der Waals surface area contributed by atoms with E-state index in [0.29, 0.717) is 6.54 Å². The lowest BCUT2D eigenvalue weighted by atomic mass is 9.97. The third-order valence-corrected chi connectivity index (χ3v) is 3.72. The molecule has 0 bridgehead atoms. The molecule has 1 aromatic heterocycles. The van der Waals surface area contributed by atoms with Crippen LogP contribution in [-0.4, -0.2) is 11.5 Å². The highest BCUT2D eigenvalue weighted by Crippen LogP contribution is 2.20. The lowest BCUT2D eigenvalue weighted by Crippen LogP contribution is -2.04. The molecule has 0 spiro atoms. The summed E-state index contributed by atoms with van der Waals surface area (Å²) in [6.45, 7) is 1.52. The lowest BCUT2D eigenvalue weighted by molar-refractivity contribution is 0.679. The van der Waals surface area contributed by atoms with Crippen LogP contribution in [-0.2, 0) is 6.54 Å². The molecule has 1 heterocycles. The van der Waals surface area contributed by atoms with Gasteiger partial charge in [0, 0.05) is 18.5 Å². The molecular formula is C12H19N3S. The van der Waals surface area contributed by atoms with Gasteiger partial charge in [0.2, 0.25) is 0 Å². The Morgan fingerprint density at radius 2 is 2.38 bits per heavy atom. The highest BCUT2D eigenvalue weighted by Gasteiger charge is 2.04. The summed E-state index contributed by atoms with van der Waals surface area (Å²) in [6, 6.07) is 0. The van der Waals surface area contributed by atoms with Gasteiger partial charge in [-0.15, -0.1) is 11.3 Å². The number of hydrogen-bond acceptors (Lipinski definition) is 4. The van der Waals surface area contributed by atoms with Gasteiger partial charge in [0.25, 0.3) is 0 Å². The number of aromatic nitrogens is 1. The number of rotatable bonds is 5. The molecule has 1 aromatic rings. The van der Waals surface area contributed by atoms with E-state index in [4.69, 9.17) is 5.73 Å². The number of allylic oxidation sites excluding steroid dienone is 1. The molecule has 3 nitrogen and oxygen atoms in total. The van der Waals surface area contributed by atoms with Crippen molar-refractivity contribution in [3.8, 4) is 0 Å². The van der Waals surface area contributed by atoms with Crippen molar-refractivity contribution in [3.63, 3.8) is 0 Å². The Balaban J connectivity index is 1.73. The fourth-order valence-electron chi connectivity index (χ4n) is 1.94. The van der Waals surface area contributed by atoms with Crippen LogP contribution < -0.4 is 11.1 Å². The second kappa shape index (κ2) is 6.01. The second-order valence-electron chi connectivity index (χ2n) is 4.13. The number of hydrogen-bond donors (Lipinski definition) is 2. The third kappa shape index (κ3) is 3.32. The molecule has 0 aliphatic heterocycles. The summed E-state index contributed by atoms with van der Waals surface area (Å²) in [7, 11) is 0. The molecular weight excluding hydrogens is 218 g/mol. The van der Waals surface area contributed by atoms with E-state index in [1.165, 1.54) is 25.7 Å². The van der Waals surface area contributed by atoms with Crippen LogP contribution in [0.5, 0.6) is 0 Å². The van der Waals surface area contributed by atoms with E-state index >= 15 is 0 Å². The van der Waals surface area contributed by atoms with Crippen LogP contribution in [0.3, 0.4) is 0 Å². The molecule has 3 N–H and O–H groups in total. The summed E-state index contributed by atoms with van der Waals surface area (Å²) in [6.07, 6.45) is 8.83. The Bertz CT molecular complexity index is 357. The molecule has 0 fully saturated rings. The smallest absolute Gasteiger partial charge is 0.182 e. The molecule has 0 saturated carbocycles. The summed E-state index contributed by atoms with van der Waals surface area (Å²) in [5, 5.41) is 6.37. The normalized spacial score (nSPS) is 15.9. The van der Waals surface area contributed by atoms with Crippen LogP contribution in [0.25, 0.3) is 0 Å². The molecule has 1 aliphatic carbocycles. The largest absolute Gasteiger partial charge is 0.361 e. The van der Waals surface area contributed by atoms with Gasteiger partial charge >= 0.3 is 0 Å². The molecule has 0 atom stereocenters. The standard InChI is InChI=1S/C12H19N3S/c13-8-11-9-16-12(15-11)14-7-6-10-4-2-1-3-5-10/h4,9H,1-3,5-8,13H2,(H,14,15). The number of anilines is 1. The Labute approximate surface area is 101 Å². The van der Waals surface area contributed by atoms with Crippen molar-refractivity contribution in [1.29, 1.82) is 0 Å². The average Bonchev–Trinajstić information content (AvgIpc) is 2.78. The van der Waals surface area contributed by atoms with E-state index in [1.807, 2.05) is 5.38 Å². The van der Waals surface area contributed by atoms with Crippen LogP contribution in [0.4, 0.5) is 5.13 Å². The van der Waals surface area contributed by atoms with Crippen molar-refractivity contribution in [1.82, 2.24) is 4.98 Å². The first-order valence-electron chi connectivity index (χ1n) is 5.95. The maximum Gasteiger partial charge on any atom is 0.182 e.